The lowest BCUT2D eigenvalue weighted by molar-refractivity contribution is -0.121. The van der Waals surface area contributed by atoms with E-state index in [0.717, 1.165) is 11.4 Å². The van der Waals surface area contributed by atoms with E-state index in [9.17, 15) is 9.59 Å². The van der Waals surface area contributed by atoms with Crippen molar-refractivity contribution in [3.63, 3.8) is 0 Å². The van der Waals surface area contributed by atoms with Gasteiger partial charge in [0.05, 0.1) is 5.25 Å². The van der Waals surface area contributed by atoms with Crippen molar-refractivity contribution in [1.29, 1.82) is 0 Å². The molecule has 1 atom stereocenters. The normalized spacial score (nSPS) is 12.0. The van der Waals surface area contributed by atoms with Gasteiger partial charge in [-0.1, -0.05) is 30.0 Å². The molecule has 0 aliphatic rings. The molecule has 0 aliphatic heterocycles. The Balaban J connectivity index is 1.61. The molecule has 2 heterocycles. The van der Waals surface area contributed by atoms with Gasteiger partial charge in [0.1, 0.15) is 0 Å². The first-order valence-electron chi connectivity index (χ1n) is 7.97. The zero-order valence-corrected chi connectivity index (χ0v) is 15.4. The van der Waals surface area contributed by atoms with Gasteiger partial charge in [-0.25, -0.2) is 9.50 Å². The van der Waals surface area contributed by atoms with Crippen molar-refractivity contribution in [2.45, 2.75) is 31.2 Å². The van der Waals surface area contributed by atoms with Gasteiger partial charge in [0.2, 0.25) is 5.16 Å². The van der Waals surface area contributed by atoms with Gasteiger partial charge in [0.15, 0.2) is 0 Å². The first-order valence-corrected chi connectivity index (χ1v) is 8.85. The molecule has 0 radical (unpaired) electrons. The molecule has 0 bridgehead atoms. The van der Waals surface area contributed by atoms with Crippen LogP contribution in [0.5, 0.6) is 0 Å². The quantitative estimate of drug-likeness (QED) is 0.535. The van der Waals surface area contributed by atoms with Crippen LogP contribution < -0.4 is 10.9 Å². The molecule has 2 aromatic heterocycles. The predicted molar refractivity (Wildman–Crippen MR) is 97.6 cm³/mol. The summed E-state index contributed by atoms with van der Waals surface area (Å²) in [6.45, 7) is 5.52. The molecule has 0 aliphatic carbocycles. The van der Waals surface area contributed by atoms with Crippen molar-refractivity contribution < 1.29 is 9.59 Å². The van der Waals surface area contributed by atoms with Crippen LogP contribution in [-0.2, 0) is 4.79 Å². The molecule has 0 saturated heterocycles. The van der Waals surface area contributed by atoms with Gasteiger partial charge in [-0.15, -0.1) is 5.10 Å². The number of nitrogens with zero attached hydrogens (tertiary/aromatic N) is 4. The summed E-state index contributed by atoms with van der Waals surface area (Å²) in [5.74, 6) is -0.230. The number of amides is 2. The lowest BCUT2D eigenvalue weighted by Gasteiger charge is -2.11. The molecule has 0 spiro atoms. The zero-order chi connectivity index (χ0) is 18.7. The number of rotatable bonds is 4. The van der Waals surface area contributed by atoms with Gasteiger partial charge >= 0.3 is 0 Å². The van der Waals surface area contributed by atoms with E-state index in [2.05, 4.69) is 25.9 Å². The summed E-state index contributed by atoms with van der Waals surface area (Å²) in [7, 11) is 0. The molecule has 3 rings (SSSR count). The fraction of sp³-hybridized carbons (Fsp3) is 0.235. The molecule has 0 saturated carbocycles. The van der Waals surface area contributed by atoms with Gasteiger partial charge in [-0.05, 0) is 39.0 Å². The number of aromatic nitrogens is 4. The minimum Gasteiger partial charge on any atom is -0.272 e. The zero-order valence-electron chi connectivity index (χ0n) is 14.6. The number of hydrogen-bond acceptors (Lipinski definition) is 6. The number of hydrazine groups is 1. The highest BCUT2D eigenvalue weighted by Gasteiger charge is 2.19. The Kier molecular flexibility index (Phi) is 5.17. The minimum absolute atomic E-state index is 0.348. The Morgan fingerprint density at radius 3 is 2.58 bits per heavy atom. The van der Waals surface area contributed by atoms with E-state index in [1.54, 1.807) is 35.7 Å². The molecule has 0 fully saturated rings. The van der Waals surface area contributed by atoms with Crippen molar-refractivity contribution in [1.82, 2.24) is 30.4 Å². The second-order valence-corrected chi connectivity index (χ2v) is 7.02. The fourth-order valence-corrected chi connectivity index (χ4v) is 3.04. The van der Waals surface area contributed by atoms with Gasteiger partial charge in [0.25, 0.3) is 17.6 Å². The van der Waals surface area contributed by atoms with Crippen molar-refractivity contribution in [3.8, 4) is 0 Å². The van der Waals surface area contributed by atoms with E-state index in [4.69, 9.17) is 0 Å². The fourth-order valence-electron chi connectivity index (χ4n) is 2.29. The Hall–Kier alpha value is -2.94. The van der Waals surface area contributed by atoms with Crippen LogP contribution in [0.2, 0.25) is 0 Å². The number of carbonyl (C=O) groups is 2. The third kappa shape index (κ3) is 3.99. The predicted octanol–water partition coefficient (Wildman–Crippen LogP) is 1.68. The Bertz CT molecular complexity index is 957. The number of nitrogens with one attached hydrogen (secondary N) is 2. The largest absolute Gasteiger partial charge is 0.272 e. The number of hydrogen-bond donors (Lipinski definition) is 2. The molecular weight excluding hydrogens is 352 g/mol. The maximum Gasteiger partial charge on any atom is 0.269 e. The van der Waals surface area contributed by atoms with Gasteiger partial charge in [0, 0.05) is 17.0 Å². The first kappa shape index (κ1) is 17.9. The molecule has 2 N–H and O–H groups in total. The third-order valence-corrected chi connectivity index (χ3v) is 4.54. The number of aryl methyl sites for hydroxylation is 2. The van der Waals surface area contributed by atoms with Crippen LogP contribution in [0.4, 0.5) is 0 Å². The van der Waals surface area contributed by atoms with Crippen LogP contribution in [-0.4, -0.2) is 36.6 Å². The molecule has 2 amide bonds. The van der Waals surface area contributed by atoms with Crippen molar-refractivity contribution in [2.75, 3.05) is 0 Å². The monoisotopic (exact) mass is 370 g/mol. The second-order valence-electron chi connectivity index (χ2n) is 5.71. The van der Waals surface area contributed by atoms with Gasteiger partial charge < -0.3 is 0 Å². The maximum atomic E-state index is 12.2. The molecule has 3 aromatic rings. The summed E-state index contributed by atoms with van der Waals surface area (Å²) in [6.07, 6.45) is 0. The number of benzene rings is 1. The van der Waals surface area contributed by atoms with E-state index in [0.29, 0.717) is 16.5 Å². The number of fused-ring (bicyclic) bond motifs is 1. The van der Waals surface area contributed by atoms with E-state index in [-0.39, 0.29) is 11.8 Å². The molecule has 26 heavy (non-hydrogen) atoms. The Morgan fingerprint density at radius 2 is 1.85 bits per heavy atom. The van der Waals surface area contributed by atoms with E-state index >= 15 is 0 Å². The smallest absolute Gasteiger partial charge is 0.269 e. The SMILES string of the molecule is Cc1cc(C)n2nc(S[C@@H](C)C(=O)NNC(=O)c3ccccc3)nc2n1. The molecular formula is C17H18N6O2S. The lowest BCUT2D eigenvalue weighted by atomic mass is 10.2. The van der Waals surface area contributed by atoms with E-state index in [1.807, 2.05) is 26.0 Å². The summed E-state index contributed by atoms with van der Waals surface area (Å²) in [4.78, 5) is 32.8. The van der Waals surface area contributed by atoms with Crippen LogP contribution in [0.3, 0.4) is 0 Å². The van der Waals surface area contributed by atoms with Gasteiger partial charge in [-0.3, -0.25) is 20.4 Å². The lowest BCUT2D eigenvalue weighted by Crippen LogP contribution is -2.44. The van der Waals surface area contributed by atoms with Crippen LogP contribution >= 0.6 is 11.8 Å². The maximum absolute atomic E-state index is 12.2. The standard InChI is InChI=1S/C17H18N6O2S/c1-10-9-11(2)23-16(18-10)19-17(22-23)26-12(3)14(24)20-21-15(25)13-7-5-4-6-8-13/h4-9,12H,1-3H3,(H,20,24)(H,21,25)/t12-/m0/s1. The van der Waals surface area contributed by atoms with Crippen LogP contribution in [0.25, 0.3) is 5.78 Å². The molecule has 134 valence electrons. The van der Waals surface area contributed by atoms with Crippen molar-refractivity contribution in [3.05, 3.63) is 53.3 Å². The van der Waals surface area contributed by atoms with Crippen molar-refractivity contribution in [2.24, 2.45) is 0 Å². The highest BCUT2D eigenvalue weighted by atomic mass is 32.2. The van der Waals surface area contributed by atoms with Crippen LogP contribution in [0.15, 0.2) is 41.6 Å². The first-order chi connectivity index (χ1) is 12.4. The third-order valence-electron chi connectivity index (χ3n) is 3.59. The molecule has 0 unspecified atom stereocenters. The second kappa shape index (κ2) is 7.52. The van der Waals surface area contributed by atoms with Gasteiger partial charge in [-0.2, -0.15) is 4.98 Å². The number of carbonyl (C=O) groups excluding carboxylic acids is 2. The summed E-state index contributed by atoms with van der Waals surface area (Å²) in [6, 6.07) is 10.6. The minimum atomic E-state index is -0.495. The Morgan fingerprint density at radius 1 is 1.12 bits per heavy atom. The van der Waals surface area contributed by atoms with Crippen LogP contribution in [0.1, 0.15) is 28.7 Å². The topological polar surface area (TPSA) is 101 Å². The number of thioether (sulfide) groups is 1. The summed E-state index contributed by atoms with van der Waals surface area (Å²) < 4.78 is 1.64. The van der Waals surface area contributed by atoms with E-state index in [1.165, 1.54) is 11.8 Å². The molecule has 8 nitrogen and oxygen atoms in total. The highest BCUT2D eigenvalue weighted by molar-refractivity contribution is 8.00. The molecule has 9 heteroatoms. The van der Waals surface area contributed by atoms with Crippen LogP contribution in [0, 0.1) is 13.8 Å². The van der Waals surface area contributed by atoms with Crippen molar-refractivity contribution >= 4 is 29.4 Å². The Labute approximate surface area is 154 Å². The average molecular weight is 370 g/mol. The summed E-state index contributed by atoms with van der Waals surface area (Å²) >= 11 is 1.19. The van der Waals surface area contributed by atoms with E-state index < -0.39 is 5.25 Å². The molecule has 1 aromatic carbocycles. The highest BCUT2D eigenvalue weighted by Crippen LogP contribution is 2.20. The average Bonchev–Trinajstić information content (AvgIpc) is 3.02. The summed E-state index contributed by atoms with van der Waals surface area (Å²) in [5.41, 5.74) is 7.05. The summed E-state index contributed by atoms with van der Waals surface area (Å²) in [5, 5.41) is 4.31.